The standard InChI is InChI=1S/C27H24IN3O6/c28-19-12-15-23(32)22(16-19)26(37-27(34)30-20-13-10-18(17-29)11-14-20)24(8-4-5-9-25(33)31-35)36-21-6-2-1-3-7-21/h1-3,5-7,9-16,24,26,32,35H,4,8H2,(H,30,34)(H,31,33)/b9-5+/t24-,26-/m1/s1. The van der Waals surface area contributed by atoms with E-state index < -0.39 is 24.2 Å². The number of benzene rings is 3. The molecule has 3 rings (SSSR count). The Labute approximate surface area is 227 Å². The van der Waals surface area contributed by atoms with Gasteiger partial charge in [0.2, 0.25) is 0 Å². The Kier molecular flexibility index (Phi) is 10.3. The minimum Gasteiger partial charge on any atom is -0.508 e. The Balaban J connectivity index is 1.91. The lowest BCUT2D eigenvalue weighted by molar-refractivity contribution is -0.124. The van der Waals surface area contributed by atoms with Crippen molar-refractivity contribution in [2.45, 2.75) is 25.0 Å². The number of amides is 2. The molecule has 0 saturated carbocycles. The predicted molar refractivity (Wildman–Crippen MR) is 144 cm³/mol. The van der Waals surface area contributed by atoms with Gasteiger partial charge in [-0.05, 0) is 90.0 Å². The normalized spacial score (nSPS) is 12.2. The van der Waals surface area contributed by atoms with Crippen molar-refractivity contribution in [3.05, 3.63) is 99.6 Å². The molecule has 10 heteroatoms. The van der Waals surface area contributed by atoms with Gasteiger partial charge in [0, 0.05) is 20.9 Å². The molecule has 190 valence electrons. The lowest BCUT2D eigenvalue weighted by Gasteiger charge is -2.28. The minimum absolute atomic E-state index is 0.0755. The Morgan fingerprint density at radius 3 is 2.49 bits per heavy atom. The second kappa shape index (κ2) is 13.9. The largest absolute Gasteiger partial charge is 0.508 e. The zero-order chi connectivity index (χ0) is 26.6. The SMILES string of the molecule is N#Cc1ccc(NC(=O)O[C@H](c2cc(I)ccc2O)[C@@H](CC/C=C/C(=O)NO)Oc2ccccc2)cc1. The molecule has 3 aromatic carbocycles. The van der Waals surface area contributed by atoms with Crippen LogP contribution in [0.2, 0.25) is 0 Å². The number of halogens is 1. The zero-order valence-electron chi connectivity index (χ0n) is 19.5. The lowest BCUT2D eigenvalue weighted by Crippen LogP contribution is -2.31. The number of nitrogens with zero attached hydrogens (tertiary/aromatic N) is 1. The number of nitriles is 1. The monoisotopic (exact) mass is 613 g/mol. The first-order valence-corrected chi connectivity index (χ1v) is 12.3. The summed E-state index contributed by atoms with van der Waals surface area (Å²) in [5.74, 6) is -0.227. The van der Waals surface area contributed by atoms with Crippen molar-refractivity contribution in [1.82, 2.24) is 5.48 Å². The van der Waals surface area contributed by atoms with Crippen LogP contribution in [0.4, 0.5) is 10.5 Å². The molecular weight excluding hydrogens is 589 g/mol. The average Bonchev–Trinajstić information content (AvgIpc) is 2.91. The highest BCUT2D eigenvalue weighted by Gasteiger charge is 2.31. The zero-order valence-corrected chi connectivity index (χ0v) is 21.7. The quantitative estimate of drug-likeness (QED) is 0.103. The Bertz CT molecular complexity index is 1280. The predicted octanol–water partition coefficient (Wildman–Crippen LogP) is 5.45. The number of phenols is 1. The third-order valence-corrected chi connectivity index (χ3v) is 5.83. The van der Waals surface area contributed by atoms with Gasteiger partial charge < -0.3 is 14.6 Å². The number of aromatic hydroxyl groups is 1. The molecule has 0 aromatic heterocycles. The molecule has 0 fully saturated rings. The molecule has 0 aliphatic heterocycles. The highest BCUT2D eigenvalue weighted by molar-refractivity contribution is 14.1. The molecule has 4 N–H and O–H groups in total. The molecule has 2 atom stereocenters. The van der Waals surface area contributed by atoms with E-state index in [2.05, 4.69) is 27.9 Å². The number of allylic oxidation sites excluding steroid dienone is 1. The van der Waals surface area contributed by atoms with Crippen LogP contribution in [0.25, 0.3) is 0 Å². The van der Waals surface area contributed by atoms with Crippen molar-refractivity contribution in [2.24, 2.45) is 0 Å². The van der Waals surface area contributed by atoms with Crippen LogP contribution >= 0.6 is 22.6 Å². The number of carbonyl (C=O) groups is 2. The maximum Gasteiger partial charge on any atom is 0.412 e. The van der Waals surface area contributed by atoms with Gasteiger partial charge in [0.25, 0.3) is 5.91 Å². The molecule has 2 amide bonds. The van der Waals surface area contributed by atoms with Gasteiger partial charge >= 0.3 is 6.09 Å². The summed E-state index contributed by atoms with van der Waals surface area (Å²) < 4.78 is 12.8. The summed E-state index contributed by atoms with van der Waals surface area (Å²) in [6.07, 6.45) is 0.778. The van der Waals surface area contributed by atoms with E-state index in [1.807, 2.05) is 12.1 Å². The van der Waals surface area contributed by atoms with Crippen molar-refractivity contribution in [2.75, 3.05) is 5.32 Å². The number of nitrogens with one attached hydrogen (secondary N) is 2. The molecule has 0 heterocycles. The molecule has 0 unspecified atom stereocenters. The number of para-hydroxylation sites is 1. The van der Waals surface area contributed by atoms with Gasteiger partial charge in [-0.25, -0.2) is 10.3 Å². The number of hydrogen-bond donors (Lipinski definition) is 4. The van der Waals surface area contributed by atoms with Crippen LogP contribution in [0.15, 0.2) is 84.9 Å². The van der Waals surface area contributed by atoms with Crippen molar-refractivity contribution in [3.63, 3.8) is 0 Å². The van der Waals surface area contributed by atoms with Crippen molar-refractivity contribution >= 4 is 40.3 Å². The number of hydrogen-bond acceptors (Lipinski definition) is 7. The summed E-state index contributed by atoms with van der Waals surface area (Å²) >= 11 is 2.09. The minimum atomic E-state index is -1.03. The molecule has 0 bridgehead atoms. The first-order chi connectivity index (χ1) is 17.9. The Morgan fingerprint density at radius 2 is 1.81 bits per heavy atom. The fourth-order valence-electron chi connectivity index (χ4n) is 3.42. The summed E-state index contributed by atoms with van der Waals surface area (Å²) in [6, 6.07) is 22.2. The first-order valence-electron chi connectivity index (χ1n) is 11.2. The summed E-state index contributed by atoms with van der Waals surface area (Å²) in [6.45, 7) is 0. The number of hydroxylamine groups is 1. The highest BCUT2D eigenvalue weighted by Crippen LogP contribution is 2.35. The Morgan fingerprint density at radius 1 is 1.08 bits per heavy atom. The molecule has 0 spiro atoms. The van der Waals surface area contributed by atoms with Crippen LogP contribution in [0, 0.1) is 14.9 Å². The summed E-state index contributed by atoms with van der Waals surface area (Å²) in [5.41, 5.74) is 2.74. The average molecular weight is 613 g/mol. The van der Waals surface area contributed by atoms with E-state index in [4.69, 9.17) is 19.9 Å². The molecule has 0 aliphatic rings. The summed E-state index contributed by atoms with van der Waals surface area (Å²) in [4.78, 5) is 24.3. The van der Waals surface area contributed by atoms with Gasteiger partial charge in [0.05, 0.1) is 11.6 Å². The van der Waals surface area contributed by atoms with Crippen LogP contribution < -0.4 is 15.5 Å². The van der Waals surface area contributed by atoms with E-state index in [0.29, 0.717) is 35.4 Å². The molecule has 0 radical (unpaired) electrons. The van der Waals surface area contributed by atoms with Gasteiger partial charge in [-0.2, -0.15) is 5.26 Å². The summed E-state index contributed by atoms with van der Waals surface area (Å²) in [5, 5.41) is 31.0. The molecular formula is C27H24IN3O6. The molecule has 0 aliphatic carbocycles. The topological polar surface area (TPSA) is 141 Å². The summed E-state index contributed by atoms with van der Waals surface area (Å²) in [7, 11) is 0. The lowest BCUT2D eigenvalue weighted by atomic mass is 9.99. The highest BCUT2D eigenvalue weighted by atomic mass is 127. The Hall–Kier alpha value is -4.08. The van der Waals surface area contributed by atoms with Crippen molar-refractivity contribution < 1.29 is 29.4 Å². The van der Waals surface area contributed by atoms with Crippen LogP contribution in [0.5, 0.6) is 11.5 Å². The van der Waals surface area contributed by atoms with E-state index in [-0.39, 0.29) is 5.75 Å². The molecule has 3 aromatic rings. The van der Waals surface area contributed by atoms with E-state index in [9.17, 15) is 14.7 Å². The van der Waals surface area contributed by atoms with Crippen molar-refractivity contribution in [1.29, 1.82) is 5.26 Å². The number of carbonyl (C=O) groups excluding carboxylic acids is 2. The van der Waals surface area contributed by atoms with Gasteiger partial charge in [-0.1, -0.05) is 24.3 Å². The van der Waals surface area contributed by atoms with Gasteiger partial charge in [0.15, 0.2) is 6.10 Å². The number of rotatable bonds is 10. The smallest absolute Gasteiger partial charge is 0.412 e. The number of phenolic OH excluding ortho intramolecular Hbond substituents is 1. The number of ether oxygens (including phenoxy) is 2. The third kappa shape index (κ3) is 8.52. The second-order valence-electron chi connectivity index (χ2n) is 7.77. The van der Waals surface area contributed by atoms with E-state index in [0.717, 1.165) is 3.57 Å². The van der Waals surface area contributed by atoms with Gasteiger partial charge in [-0.3, -0.25) is 15.3 Å². The van der Waals surface area contributed by atoms with E-state index in [1.54, 1.807) is 66.7 Å². The second-order valence-corrected chi connectivity index (χ2v) is 9.01. The third-order valence-electron chi connectivity index (χ3n) is 5.16. The maximum absolute atomic E-state index is 12.9. The number of anilines is 1. The van der Waals surface area contributed by atoms with E-state index >= 15 is 0 Å². The van der Waals surface area contributed by atoms with Crippen LogP contribution in [0.1, 0.15) is 30.1 Å². The van der Waals surface area contributed by atoms with Crippen LogP contribution in [-0.2, 0) is 9.53 Å². The van der Waals surface area contributed by atoms with Crippen LogP contribution in [-0.4, -0.2) is 28.4 Å². The molecule has 0 saturated heterocycles. The van der Waals surface area contributed by atoms with E-state index in [1.165, 1.54) is 17.6 Å². The first kappa shape index (κ1) is 27.5. The molecule has 9 nitrogen and oxygen atoms in total. The van der Waals surface area contributed by atoms with Crippen LogP contribution in [0.3, 0.4) is 0 Å². The molecule has 37 heavy (non-hydrogen) atoms. The van der Waals surface area contributed by atoms with Crippen molar-refractivity contribution in [3.8, 4) is 17.6 Å². The van der Waals surface area contributed by atoms with Gasteiger partial charge in [0.1, 0.15) is 17.6 Å². The fourth-order valence-corrected chi connectivity index (χ4v) is 3.93. The van der Waals surface area contributed by atoms with Gasteiger partial charge in [-0.15, -0.1) is 0 Å². The maximum atomic E-state index is 12.9. The fraction of sp³-hybridized carbons (Fsp3) is 0.148.